The fourth-order valence-electron chi connectivity index (χ4n) is 2.74. The van der Waals surface area contributed by atoms with Gasteiger partial charge in [-0.25, -0.2) is 4.79 Å². The van der Waals surface area contributed by atoms with Crippen molar-refractivity contribution in [1.29, 1.82) is 5.26 Å². The molecule has 0 aliphatic rings. The number of hydrogen-bond donors (Lipinski definition) is 0. The van der Waals surface area contributed by atoms with E-state index in [9.17, 15) is 14.9 Å². The van der Waals surface area contributed by atoms with Crippen LogP contribution in [0.4, 0.5) is 0 Å². The summed E-state index contributed by atoms with van der Waals surface area (Å²) < 4.78 is 17.2. The summed E-state index contributed by atoms with van der Waals surface area (Å²) in [7, 11) is 1.55. The molecule has 0 fully saturated rings. The first-order valence-corrected chi connectivity index (χ1v) is 9.11. The summed E-state index contributed by atoms with van der Waals surface area (Å²) in [6.45, 7) is 3.54. The van der Waals surface area contributed by atoms with E-state index in [-0.39, 0.29) is 23.6 Å². The number of esters is 1. The summed E-state index contributed by atoms with van der Waals surface area (Å²) >= 11 is 0. The van der Waals surface area contributed by atoms with Crippen molar-refractivity contribution >= 4 is 17.7 Å². The SMILES string of the molecule is CCOC(=O)C(C#N)=Cc1c(Oc2ccc(OC)cc2)nc2c(C)cccn2c1=O. The Morgan fingerprint density at radius 2 is 1.93 bits per heavy atom. The largest absolute Gasteiger partial charge is 0.497 e. The summed E-state index contributed by atoms with van der Waals surface area (Å²) in [6, 6.07) is 12.0. The molecule has 152 valence electrons. The van der Waals surface area contributed by atoms with Crippen molar-refractivity contribution in [2.45, 2.75) is 13.8 Å². The molecule has 8 nitrogen and oxygen atoms in total. The monoisotopic (exact) mass is 405 g/mol. The number of aromatic nitrogens is 2. The molecule has 1 aromatic carbocycles. The van der Waals surface area contributed by atoms with Gasteiger partial charge in [-0.15, -0.1) is 0 Å². The highest BCUT2D eigenvalue weighted by Gasteiger charge is 2.18. The lowest BCUT2D eigenvalue weighted by Gasteiger charge is -2.11. The minimum absolute atomic E-state index is 0.0310. The minimum Gasteiger partial charge on any atom is -0.497 e. The van der Waals surface area contributed by atoms with Crippen LogP contribution in [0.3, 0.4) is 0 Å². The molecule has 2 heterocycles. The van der Waals surface area contributed by atoms with Gasteiger partial charge in [0.25, 0.3) is 5.56 Å². The Kier molecular flexibility index (Phi) is 6.13. The van der Waals surface area contributed by atoms with Gasteiger partial charge in [-0.05, 0) is 55.8 Å². The van der Waals surface area contributed by atoms with Gasteiger partial charge in [0.15, 0.2) is 0 Å². The third-order valence-electron chi connectivity index (χ3n) is 4.23. The molecule has 0 spiro atoms. The predicted octanol–water partition coefficient (Wildman–Crippen LogP) is 3.27. The lowest BCUT2D eigenvalue weighted by molar-refractivity contribution is -0.137. The highest BCUT2D eigenvalue weighted by atomic mass is 16.5. The van der Waals surface area contributed by atoms with E-state index in [1.807, 2.05) is 13.0 Å². The normalized spacial score (nSPS) is 11.1. The maximum absolute atomic E-state index is 13.1. The Labute approximate surface area is 172 Å². The van der Waals surface area contributed by atoms with E-state index in [2.05, 4.69) is 4.98 Å². The van der Waals surface area contributed by atoms with Crippen molar-refractivity contribution in [3.05, 3.63) is 69.6 Å². The van der Waals surface area contributed by atoms with Crippen LogP contribution in [-0.2, 0) is 9.53 Å². The van der Waals surface area contributed by atoms with Crippen LogP contribution in [-0.4, -0.2) is 29.1 Å². The van der Waals surface area contributed by atoms with Crippen LogP contribution in [0.5, 0.6) is 17.4 Å². The van der Waals surface area contributed by atoms with Crippen molar-refractivity contribution in [2.24, 2.45) is 0 Å². The molecule has 3 rings (SSSR count). The summed E-state index contributed by atoms with van der Waals surface area (Å²) in [6.07, 6.45) is 2.70. The standard InChI is InChI=1S/C22H19N3O5/c1-4-29-22(27)15(13-23)12-18-20(30-17-9-7-16(28-3)8-10-17)24-19-14(2)6-5-11-25(19)21(18)26/h5-12H,4H2,1-3H3. The number of ether oxygens (including phenoxy) is 3. The van der Waals surface area contributed by atoms with Gasteiger partial charge in [-0.1, -0.05) is 6.07 Å². The number of carbonyl (C=O) groups excluding carboxylic acids is 1. The molecule has 0 saturated heterocycles. The Balaban J connectivity index is 2.21. The van der Waals surface area contributed by atoms with Crippen LogP contribution in [0.2, 0.25) is 0 Å². The number of benzene rings is 1. The quantitative estimate of drug-likeness (QED) is 0.352. The van der Waals surface area contributed by atoms with Crippen LogP contribution in [0.1, 0.15) is 18.1 Å². The smallest absolute Gasteiger partial charge is 0.348 e. The molecular formula is C22H19N3O5. The van der Waals surface area contributed by atoms with Crippen LogP contribution in [0, 0.1) is 18.3 Å². The minimum atomic E-state index is -0.830. The van der Waals surface area contributed by atoms with Crippen LogP contribution in [0.15, 0.2) is 53.0 Å². The molecular weight excluding hydrogens is 386 g/mol. The number of hydrogen-bond acceptors (Lipinski definition) is 7. The Bertz CT molecular complexity index is 1220. The Morgan fingerprint density at radius 3 is 2.57 bits per heavy atom. The number of aryl methyl sites for hydroxylation is 1. The maximum Gasteiger partial charge on any atom is 0.348 e. The number of fused-ring (bicyclic) bond motifs is 1. The second-order valence-corrected chi connectivity index (χ2v) is 6.19. The average molecular weight is 405 g/mol. The van der Waals surface area contributed by atoms with Crippen molar-refractivity contribution in [3.8, 4) is 23.4 Å². The molecule has 0 unspecified atom stereocenters. The van der Waals surface area contributed by atoms with E-state index in [4.69, 9.17) is 14.2 Å². The van der Waals surface area contributed by atoms with Gasteiger partial charge in [0.2, 0.25) is 5.88 Å². The molecule has 0 amide bonds. The average Bonchev–Trinajstić information content (AvgIpc) is 2.75. The molecule has 30 heavy (non-hydrogen) atoms. The molecule has 0 N–H and O–H groups in total. The molecule has 0 atom stereocenters. The first-order chi connectivity index (χ1) is 14.5. The van der Waals surface area contributed by atoms with E-state index in [0.29, 0.717) is 17.1 Å². The number of carbonyl (C=O) groups is 1. The van der Waals surface area contributed by atoms with Crippen molar-refractivity contribution in [1.82, 2.24) is 9.38 Å². The zero-order valence-corrected chi connectivity index (χ0v) is 16.7. The molecule has 8 heteroatoms. The highest BCUT2D eigenvalue weighted by molar-refractivity contribution is 5.98. The second-order valence-electron chi connectivity index (χ2n) is 6.19. The zero-order chi connectivity index (χ0) is 21.7. The lowest BCUT2D eigenvalue weighted by Crippen LogP contribution is -2.20. The number of rotatable bonds is 6. The molecule has 0 aliphatic heterocycles. The van der Waals surface area contributed by atoms with Gasteiger partial charge in [0, 0.05) is 6.20 Å². The van der Waals surface area contributed by atoms with E-state index < -0.39 is 11.5 Å². The van der Waals surface area contributed by atoms with Crippen molar-refractivity contribution in [3.63, 3.8) is 0 Å². The van der Waals surface area contributed by atoms with E-state index >= 15 is 0 Å². The second kappa shape index (κ2) is 8.92. The van der Waals surface area contributed by atoms with Crippen LogP contribution in [0.25, 0.3) is 11.7 Å². The molecule has 0 radical (unpaired) electrons. The van der Waals surface area contributed by atoms with Crippen molar-refractivity contribution in [2.75, 3.05) is 13.7 Å². The topological polar surface area (TPSA) is 103 Å². The van der Waals surface area contributed by atoms with Crippen LogP contribution >= 0.6 is 0 Å². The number of methoxy groups -OCH3 is 1. The summed E-state index contributed by atoms with van der Waals surface area (Å²) in [5, 5.41) is 9.37. The third kappa shape index (κ3) is 4.15. The number of nitriles is 1. The number of nitrogens with zero attached hydrogens (tertiary/aromatic N) is 3. The lowest BCUT2D eigenvalue weighted by atomic mass is 10.2. The zero-order valence-electron chi connectivity index (χ0n) is 16.7. The number of pyridine rings is 1. The van der Waals surface area contributed by atoms with Crippen LogP contribution < -0.4 is 15.0 Å². The van der Waals surface area contributed by atoms with E-state index in [1.165, 1.54) is 4.40 Å². The third-order valence-corrected chi connectivity index (χ3v) is 4.23. The van der Waals surface area contributed by atoms with E-state index in [1.54, 1.807) is 56.6 Å². The summed E-state index contributed by atoms with van der Waals surface area (Å²) in [5.41, 5.74) is 0.305. The van der Waals surface area contributed by atoms with Gasteiger partial charge < -0.3 is 14.2 Å². The van der Waals surface area contributed by atoms with Gasteiger partial charge in [-0.2, -0.15) is 10.2 Å². The fourth-order valence-corrected chi connectivity index (χ4v) is 2.74. The predicted molar refractivity (Wildman–Crippen MR) is 109 cm³/mol. The van der Waals surface area contributed by atoms with Gasteiger partial charge in [-0.3, -0.25) is 9.20 Å². The maximum atomic E-state index is 13.1. The molecule has 3 aromatic rings. The summed E-state index contributed by atoms with van der Waals surface area (Å²) in [4.78, 5) is 29.7. The molecule has 0 bridgehead atoms. The highest BCUT2D eigenvalue weighted by Crippen LogP contribution is 2.26. The van der Waals surface area contributed by atoms with Crippen molar-refractivity contribution < 1.29 is 19.0 Å². The Morgan fingerprint density at radius 1 is 1.23 bits per heavy atom. The first kappa shape index (κ1) is 20.6. The fraction of sp³-hybridized carbons (Fsp3) is 0.182. The molecule has 0 aliphatic carbocycles. The summed E-state index contributed by atoms with van der Waals surface area (Å²) in [5.74, 6) is 0.185. The van der Waals surface area contributed by atoms with E-state index in [0.717, 1.165) is 11.6 Å². The molecule has 0 saturated carbocycles. The first-order valence-electron chi connectivity index (χ1n) is 9.11. The van der Waals surface area contributed by atoms with Gasteiger partial charge >= 0.3 is 5.97 Å². The van der Waals surface area contributed by atoms with Gasteiger partial charge in [0.05, 0.1) is 13.7 Å². The Hall–Kier alpha value is -4.12. The van der Waals surface area contributed by atoms with Gasteiger partial charge in [0.1, 0.15) is 34.4 Å². The molecule has 2 aromatic heterocycles.